The van der Waals surface area contributed by atoms with E-state index in [-0.39, 0.29) is 5.69 Å². The molecule has 4 heteroatoms. The van der Waals surface area contributed by atoms with Crippen molar-refractivity contribution in [3.05, 3.63) is 34.2 Å². The van der Waals surface area contributed by atoms with Crippen molar-refractivity contribution < 1.29 is 0 Å². The molecular formula is C11H11N3O. The van der Waals surface area contributed by atoms with Crippen molar-refractivity contribution in [3.8, 4) is 0 Å². The van der Waals surface area contributed by atoms with Gasteiger partial charge in [0.05, 0.1) is 5.52 Å². The van der Waals surface area contributed by atoms with Gasteiger partial charge in [-0.2, -0.15) is 4.98 Å². The van der Waals surface area contributed by atoms with Gasteiger partial charge in [0, 0.05) is 18.5 Å². The first-order chi connectivity index (χ1) is 7.27. The molecular weight excluding hydrogens is 190 g/mol. The van der Waals surface area contributed by atoms with E-state index in [9.17, 15) is 4.79 Å². The zero-order valence-electron chi connectivity index (χ0n) is 8.45. The van der Waals surface area contributed by atoms with Crippen LogP contribution in [0.15, 0.2) is 23.0 Å². The number of hydrogen-bond acceptors (Lipinski definition) is 3. The van der Waals surface area contributed by atoms with Crippen LogP contribution in [0.5, 0.6) is 0 Å². The maximum Gasteiger partial charge on any atom is 0.349 e. The van der Waals surface area contributed by atoms with Crippen LogP contribution in [0.4, 0.5) is 5.82 Å². The van der Waals surface area contributed by atoms with Crippen LogP contribution >= 0.6 is 0 Å². The van der Waals surface area contributed by atoms with E-state index in [4.69, 9.17) is 0 Å². The first-order valence-electron chi connectivity index (χ1n) is 5.01. The van der Waals surface area contributed by atoms with E-state index >= 15 is 0 Å². The third kappa shape index (κ3) is 1.08. The van der Waals surface area contributed by atoms with Crippen molar-refractivity contribution >= 4 is 16.7 Å². The zero-order valence-corrected chi connectivity index (χ0v) is 8.45. The minimum Gasteiger partial charge on any atom is -0.369 e. The highest BCUT2D eigenvalue weighted by molar-refractivity contribution is 5.91. The Morgan fingerprint density at radius 3 is 3.20 bits per heavy atom. The average Bonchev–Trinajstić information content (AvgIpc) is 2.69. The van der Waals surface area contributed by atoms with Crippen molar-refractivity contribution in [1.82, 2.24) is 9.55 Å². The predicted molar refractivity (Wildman–Crippen MR) is 59.2 cm³/mol. The molecule has 3 rings (SSSR count). The number of fused-ring (bicyclic) bond motifs is 3. The highest BCUT2D eigenvalue weighted by atomic mass is 16.1. The second-order valence-electron chi connectivity index (χ2n) is 3.79. The van der Waals surface area contributed by atoms with E-state index in [1.165, 1.54) is 0 Å². The third-order valence-corrected chi connectivity index (χ3v) is 2.83. The number of rotatable bonds is 0. The summed E-state index contributed by atoms with van der Waals surface area (Å²) in [6.07, 6.45) is 0. The van der Waals surface area contributed by atoms with Gasteiger partial charge < -0.3 is 5.32 Å². The Bertz CT molecular complexity index is 601. The van der Waals surface area contributed by atoms with Crippen LogP contribution in [0.1, 0.15) is 5.56 Å². The maximum atomic E-state index is 11.7. The third-order valence-electron chi connectivity index (χ3n) is 2.83. The van der Waals surface area contributed by atoms with Gasteiger partial charge in [-0.3, -0.25) is 4.57 Å². The molecule has 4 nitrogen and oxygen atoms in total. The fourth-order valence-corrected chi connectivity index (χ4v) is 2.08. The molecule has 0 unspecified atom stereocenters. The van der Waals surface area contributed by atoms with Gasteiger partial charge in [-0.05, 0) is 18.6 Å². The maximum absolute atomic E-state index is 11.7. The van der Waals surface area contributed by atoms with Gasteiger partial charge in [-0.15, -0.1) is 0 Å². The molecule has 1 aliphatic rings. The van der Waals surface area contributed by atoms with E-state index < -0.39 is 0 Å². The molecule has 1 N–H and O–H groups in total. The van der Waals surface area contributed by atoms with E-state index in [0.717, 1.165) is 28.8 Å². The van der Waals surface area contributed by atoms with E-state index in [0.29, 0.717) is 6.54 Å². The van der Waals surface area contributed by atoms with Gasteiger partial charge in [0.1, 0.15) is 5.82 Å². The molecule has 0 atom stereocenters. The Balaban J connectivity index is 2.54. The molecule has 0 bridgehead atoms. The summed E-state index contributed by atoms with van der Waals surface area (Å²) in [6, 6.07) is 5.96. The Morgan fingerprint density at radius 2 is 2.33 bits per heavy atom. The van der Waals surface area contributed by atoms with E-state index in [1.807, 2.05) is 25.1 Å². The van der Waals surface area contributed by atoms with E-state index in [2.05, 4.69) is 10.3 Å². The summed E-state index contributed by atoms with van der Waals surface area (Å²) in [6.45, 7) is 3.50. The summed E-state index contributed by atoms with van der Waals surface area (Å²) in [5, 5.41) is 4.27. The lowest BCUT2D eigenvalue weighted by molar-refractivity contribution is 0.750. The molecule has 0 amide bonds. The Labute approximate surface area is 86.6 Å². The topological polar surface area (TPSA) is 46.9 Å². The van der Waals surface area contributed by atoms with Crippen molar-refractivity contribution in [1.29, 1.82) is 0 Å². The Kier molecular flexibility index (Phi) is 1.59. The predicted octanol–water partition coefficient (Wildman–Crippen LogP) is 1.13. The van der Waals surface area contributed by atoms with Crippen molar-refractivity contribution in [3.63, 3.8) is 0 Å². The molecule has 0 saturated heterocycles. The number of aryl methyl sites for hydroxylation is 1. The molecule has 1 aromatic carbocycles. The SMILES string of the molecule is Cc1cccc2c3n(c(=O)nc12)CCN3. The molecule has 0 aliphatic carbocycles. The highest BCUT2D eigenvalue weighted by Crippen LogP contribution is 2.24. The van der Waals surface area contributed by atoms with Crippen LogP contribution in [-0.4, -0.2) is 16.1 Å². The summed E-state index contributed by atoms with van der Waals surface area (Å²) in [7, 11) is 0. The van der Waals surface area contributed by atoms with Crippen LogP contribution in [0, 0.1) is 6.92 Å². The summed E-state index contributed by atoms with van der Waals surface area (Å²) >= 11 is 0. The number of hydrogen-bond donors (Lipinski definition) is 1. The standard InChI is InChI=1S/C11H11N3O/c1-7-3-2-4-8-9(7)13-11(15)14-6-5-12-10(8)14/h2-4,12H,5-6H2,1H3. The van der Waals surface area contributed by atoms with Gasteiger partial charge >= 0.3 is 5.69 Å². The fraction of sp³-hybridized carbons (Fsp3) is 0.273. The molecule has 15 heavy (non-hydrogen) atoms. The van der Waals surface area contributed by atoms with Crippen LogP contribution in [0.2, 0.25) is 0 Å². The first-order valence-corrected chi connectivity index (χ1v) is 5.01. The molecule has 1 aliphatic heterocycles. The molecule has 0 fully saturated rings. The van der Waals surface area contributed by atoms with Crippen LogP contribution in [-0.2, 0) is 6.54 Å². The number of anilines is 1. The number of para-hydroxylation sites is 1. The number of aromatic nitrogens is 2. The molecule has 2 heterocycles. The minimum absolute atomic E-state index is 0.156. The lowest BCUT2D eigenvalue weighted by Crippen LogP contribution is -2.21. The second kappa shape index (κ2) is 2.82. The Hall–Kier alpha value is -1.84. The van der Waals surface area contributed by atoms with Crippen molar-refractivity contribution in [2.45, 2.75) is 13.5 Å². The molecule has 1 aromatic heterocycles. The monoisotopic (exact) mass is 201 g/mol. The van der Waals surface area contributed by atoms with Crippen molar-refractivity contribution in [2.75, 3.05) is 11.9 Å². The van der Waals surface area contributed by atoms with Gasteiger partial charge in [-0.25, -0.2) is 4.79 Å². The molecule has 0 spiro atoms. The van der Waals surface area contributed by atoms with Crippen LogP contribution < -0.4 is 11.0 Å². The van der Waals surface area contributed by atoms with Crippen LogP contribution in [0.25, 0.3) is 10.9 Å². The second-order valence-corrected chi connectivity index (χ2v) is 3.79. The molecule has 0 radical (unpaired) electrons. The van der Waals surface area contributed by atoms with Gasteiger partial charge in [-0.1, -0.05) is 12.1 Å². The molecule has 0 saturated carbocycles. The van der Waals surface area contributed by atoms with Gasteiger partial charge in [0.15, 0.2) is 0 Å². The average molecular weight is 201 g/mol. The number of nitrogens with one attached hydrogen (secondary N) is 1. The summed E-state index contributed by atoms with van der Waals surface area (Å²) in [4.78, 5) is 15.8. The summed E-state index contributed by atoms with van der Waals surface area (Å²) in [5.41, 5.74) is 1.70. The smallest absolute Gasteiger partial charge is 0.349 e. The number of benzene rings is 1. The highest BCUT2D eigenvalue weighted by Gasteiger charge is 2.16. The minimum atomic E-state index is -0.156. The molecule has 2 aromatic rings. The van der Waals surface area contributed by atoms with Crippen molar-refractivity contribution in [2.24, 2.45) is 0 Å². The number of nitrogens with zero attached hydrogens (tertiary/aromatic N) is 2. The summed E-state index contributed by atoms with van der Waals surface area (Å²) < 4.78 is 1.70. The lowest BCUT2D eigenvalue weighted by Gasteiger charge is -2.07. The van der Waals surface area contributed by atoms with Crippen LogP contribution in [0.3, 0.4) is 0 Å². The molecule has 76 valence electrons. The normalized spacial score (nSPS) is 13.9. The lowest BCUT2D eigenvalue weighted by atomic mass is 10.1. The van der Waals surface area contributed by atoms with E-state index in [1.54, 1.807) is 4.57 Å². The van der Waals surface area contributed by atoms with Gasteiger partial charge in [0.2, 0.25) is 0 Å². The quantitative estimate of drug-likeness (QED) is 0.695. The summed E-state index contributed by atoms with van der Waals surface area (Å²) in [5.74, 6) is 0.911. The van der Waals surface area contributed by atoms with Gasteiger partial charge in [0.25, 0.3) is 0 Å². The fourth-order valence-electron chi connectivity index (χ4n) is 2.08. The zero-order chi connectivity index (χ0) is 10.4. The Morgan fingerprint density at radius 1 is 1.47 bits per heavy atom. The first kappa shape index (κ1) is 8.47. The largest absolute Gasteiger partial charge is 0.369 e.